The molecule has 1 amide bonds. The lowest BCUT2D eigenvalue weighted by Gasteiger charge is -2.19. The number of anilines is 2. The molecular formula is C17H16Br2N2O3S. The van der Waals surface area contributed by atoms with E-state index in [9.17, 15) is 13.2 Å². The molecule has 0 spiro atoms. The Hall–Kier alpha value is -1.38. The number of carbonyl (C=O) groups excluding carboxylic acids is 1. The molecule has 0 atom stereocenters. The van der Waals surface area contributed by atoms with Gasteiger partial charge in [0.25, 0.3) is 10.0 Å². The number of fused-ring (bicyclic) bond motifs is 1. The summed E-state index contributed by atoms with van der Waals surface area (Å²) in [7, 11) is -3.85. The summed E-state index contributed by atoms with van der Waals surface area (Å²) in [5.41, 5.74) is 2.71. The van der Waals surface area contributed by atoms with Gasteiger partial charge in [0.1, 0.15) is 4.90 Å². The monoisotopic (exact) mass is 486 g/mol. The second-order valence-electron chi connectivity index (χ2n) is 5.90. The predicted molar refractivity (Wildman–Crippen MR) is 106 cm³/mol. The second-order valence-corrected chi connectivity index (χ2v) is 9.32. The smallest absolute Gasteiger partial charge is 0.264 e. The largest absolute Gasteiger partial charge is 0.311 e. The van der Waals surface area contributed by atoms with Crippen LogP contribution in [0.3, 0.4) is 0 Å². The van der Waals surface area contributed by atoms with Gasteiger partial charge in [0.15, 0.2) is 0 Å². The second kappa shape index (κ2) is 6.74. The third-order valence-electron chi connectivity index (χ3n) is 4.07. The summed E-state index contributed by atoms with van der Waals surface area (Å²) in [6.45, 7) is 3.82. The molecular weight excluding hydrogens is 472 g/mol. The minimum absolute atomic E-state index is 0.102. The van der Waals surface area contributed by atoms with Crippen LogP contribution in [0.2, 0.25) is 0 Å². The fourth-order valence-electron chi connectivity index (χ4n) is 2.91. The van der Waals surface area contributed by atoms with Crippen LogP contribution in [-0.2, 0) is 21.2 Å². The van der Waals surface area contributed by atoms with Crippen molar-refractivity contribution in [2.45, 2.75) is 25.2 Å². The highest BCUT2D eigenvalue weighted by atomic mass is 79.9. The molecule has 1 N–H and O–H groups in total. The highest BCUT2D eigenvalue weighted by molar-refractivity contribution is 9.10. The molecule has 1 heterocycles. The number of sulfonamides is 1. The van der Waals surface area contributed by atoms with Crippen LogP contribution in [-0.4, -0.2) is 20.9 Å². The van der Waals surface area contributed by atoms with Crippen molar-refractivity contribution in [1.82, 2.24) is 0 Å². The zero-order chi connectivity index (χ0) is 18.4. The molecule has 0 unspecified atom stereocenters. The summed E-state index contributed by atoms with van der Waals surface area (Å²) in [4.78, 5) is 13.5. The Morgan fingerprint density at radius 1 is 1.20 bits per heavy atom. The lowest BCUT2D eigenvalue weighted by Crippen LogP contribution is -2.28. The Morgan fingerprint density at radius 3 is 2.56 bits per heavy atom. The molecule has 0 saturated carbocycles. The third kappa shape index (κ3) is 3.61. The molecule has 5 nitrogen and oxygen atoms in total. The van der Waals surface area contributed by atoms with Gasteiger partial charge in [-0.25, -0.2) is 8.42 Å². The van der Waals surface area contributed by atoms with Gasteiger partial charge in [-0.2, -0.15) is 0 Å². The molecule has 0 bridgehead atoms. The minimum Gasteiger partial charge on any atom is -0.311 e. The molecule has 0 aromatic heterocycles. The van der Waals surface area contributed by atoms with E-state index in [2.05, 4.69) is 36.6 Å². The van der Waals surface area contributed by atoms with E-state index < -0.39 is 10.0 Å². The zero-order valence-electron chi connectivity index (χ0n) is 13.6. The summed E-state index contributed by atoms with van der Waals surface area (Å²) in [5.74, 6) is -0.169. The van der Waals surface area contributed by atoms with Crippen LogP contribution in [0.25, 0.3) is 0 Å². The number of hydrogen-bond acceptors (Lipinski definition) is 3. The topological polar surface area (TPSA) is 66.5 Å². The number of halogens is 2. The fourth-order valence-corrected chi connectivity index (χ4v) is 5.14. The maximum atomic E-state index is 13.0. The highest BCUT2D eigenvalue weighted by Crippen LogP contribution is 2.38. The lowest BCUT2D eigenvalue weighted by molar-refractivity contribution is -0.116. The molecule has 1 aliphatic rings. The van der Waals surface area contributed by atoms with E-state index in [0.717, 1.165) is 15.6 Å². The van der Waals surface area contributed by atoms with E-state index in [1.807, 2.05) is 13.0 Å². The lowest BCUT2D eigenvalue weighted by atomic mass is 10.2. The number of benzene rings is 2. The van der Waals surface area contributed by atoms with Crippen molar-refractivity contribution in [2.24, 2.45) is 0 Å². The first-order chi connectivity index (χ1) is 11.7. The van der Waals surface area contributed by atoms with Crippen LogP contribution in [0.1, 0.15) is 18.1 Å². The average molecular weight is 488 g/mol. The average Bonchev–Trinajstić information content (AvgIpc) is 2.93. The Morgan fingerprint density at radius 2 is 1.92 bits per heavy atom. The number of carbonyl (C=O) groups is 1. The van der Waals surface area contributed by atoms with Gasteiger partial charge in [-0.1, -0.05) is 31.9 Å². The van der Waals surface area contributed by atoms with Gasteiger partial charge in [0.05, 0.1) is 5.69 Å². The van der Waals surface area contributed by atoms with Crippen LogP contribution in [0.5, 0.6) is 0 Å². The van der Waals surface area contributed by atoms with E-state index in [0.29, 0.717) is 28.8 Å². The molecule has 2 aromatic rings. The first-order valence-corrected chi connectivity index (χ1v) is 10.7. The van der Waals surface area contributed by atoms with Gasteiger partial charge < -0.3 is 4.90 Å². The predicted octanol–water partition coefficient (Wildman–Crippen LogP) is 4.23. The van der Waals surface area contributed by atoms with Gasteiger partial charge in [-0.05, 0) is 54.8 Å². The normalized spacial score (nSPS) is 13.7. The van der Waals surface area contributed by atoms with Crippen molar-refractivity contribution in [3.05, 3.63) is 50.4 Å². The van der Waals surface area contributed by atoms with Gasteiger partial charge in [0.2, 0.25) is 5.91 Å². The van der Waals surface area contributed by atoms with Gasteiger partial charge in [0, 0.05) is 28.1 Å². The van der Waals surface area contributed by atoms with Crippen molar-refractivity contribution < 1.29 is 13.2 Å². The number of rotatable bonds is 3. The van der Waals surface area contributed by atoms with Gasteiger partial charge >= 0.3 is 0 Å². The fraction of sp³-hybridized carbons (Fsp3) is 0.235. The third-order valence-corrected chi connectivity index (χ3v) is 6.82. The summed E-state index contributed by atoms with van der Waals surface area (Å²) >= 11 is 6.77. The Kier molecular flexibility index (Phi) is 4.96. The molecule has 3 rings (SSSR count). The zero-order valence-corrected chi connectivity index (χ0v) is 17.6. The molecule has 132 valence electrons. The Balaban J connectivity index is 2.08. The number of nitrogens with zero attached hydrogens (tertiary/aromatic N) is 1. The van der Waals surface area contributed by atoms with Crippen molar-refractivity contribution >= 4 is 59.2 Å². The van der Waals surface area contributed by atoms with Crippen LogP contribution < -0.4 is 9.62 Å². The summed E-state index contributed by atoms with van der Waals surface area (Å²) in [6.07, 6.45) is 0.633. The number of aryl methyl sites for hydroxylation is 1. The maximum Gasteiger partial charge on any atom is 0.264 e. The molecule has 0 saturated heterocycles. The van der Waals surface area contributed by atoms with Crippen LogP contribution >= 0.6 is 31.9 Å². The minimum atomic E-state index is -3.85. The molecule has 25 heavy (non-hydrogen) atoms. The molecule has 8 heteroatoms. The summed E-state index contributed by atoms with van der Waals surface area (Å²) in [6, 6.07) is 8.63. The van der Waals surface area contributed by atoms with E-state index in [-0.39, 0.29) is 10.8 Å². The molecule has 0 aliphatic carbocycles. The number of nitrogens with one attached hydrogen (secondary N) is 1. The summed E-state index contributed by atoms with van der Waals surface area (Å²) in [5, 5.41) is 0. The Bertz CT molecular complexity index is 974. The first kappa shape index (κ1) is 18.4. The maximum absolute atomic E-state index is 13.0. The summed E-state index contributed by atoms with van der Waals surface area (Å²) < 4.78 is 30.2. The molecule has 0 radical (unpaired) electrons. The van der Waals surface area contributed by atoms with Crippen molar-refractivity contribution in [1.29, 1.82) is 0 Å². The van der Waals surface area contributed by atoms with E-state index in [4.69, 9.17) is 0 Å². The van der Waals surface area contributed by atoms with Crippen molar-refractivity contribution in [3.63, 3.8) is 0 Å². The van der Waals surface area contributed by atoms with E-state index in [1.54, 1.807) is 18.2 Å². The number of hydrogen-bond donors (Lipinski definition) is 1. The van der Waals surface area contributed by atoms with Crippen molar-refractivity contribution in [2.75, 3.05) is 16.2 Å². The van der Waals surface area contributed by atoms with Crippen molar-refractivity contribution in [3.8, 4) is 0 Å². The first-order valence-electron chi connectivity index (χ1n) is 7.58. The standard InChI is InChI=1S/C17H16Br2N2O3S/c1-10-7-14(3-4-15(10)19)20-25(23,24)16-9-13(18)8-12-5-6-21(11(2)22)17(12)16/h3-4,7-9,20H,5-6H2,1-2H3. The molecule has 0 fully saturated rings. The molecule has 2 aromatic carbocycles. The van der Waals surface area contributed by atoms with Crippen LogP contribution in [0.15, 0.2) is 44.2 Å². The highest BCUT2D eigenvalue weighted by Gasteiger charge is 2.31. The van der Waals surface area contributed by atoms with Gasteiger partial charge in [-0.3, -0.25) is 9.52 Å². The van der Waals surface area contributed by atoms with E-state index in [1.165, 1.54) is 17.9 Å². The van der Waals surface area contributed by atoms with Gasteiger partial charge in [-0.15, -0.1) is 0 Å². The molecule has 1 aliphatic heterocycles. The quantitative estimate of drug-likeness (QED) is 0.704. The van der Waals surface area contributed by atoms with E-state index >= 15 is 0 Å². The van der Waals surface area contributed by atoms with Crippen LogP contribution in [0, 0.1) is 6.92 Å². The SMILES string of the molecule is CC(=O)N1CCc2cc(Br)cc(S(=O)(=O)Nc3ccc(Br)c(C)c3)c21. The Labute approximate surface area is 163 Å². The number of amides is 1. The van der Waals surface area contributed by atoms with Crippen LogP contribution in [0.4, 0.5) is 11.4 Å².